The van der Waals surface area contributed by atoms with E-state index >= 15 is 0 Å². The summed E-state index contributed by atoms with van der Waals surface area (Å²) in [5, 5.41) is 0. The molecule has 0 saturated carbocycles. The highest BCUT2D eigenvalue weighted by Crippen LogP contribution is 2.37. The van der Waals surface area contributed by atoms with E-state index in [1.165, 1.54) is 0 Å². The molecule has 0 spiro atoms. The van der Waals surface area contributed by atoms with Gasteiger partial charge in [-0.05, 0) is 59.3 Å². The van der Waals surface area contributed by atoms with Crippen molar-refractivity contribution in [2.24, 2.45) is 5.73 Å². The van der Waals surface area contributed by atoms with Gasteiger partial charge in [0.15, 0.2) is 11.5 Å². The molecule has 0 saturated heterocycles. The largest absolute Gasteiger partial charge is 0.493 e. The highest BCUT2D eigenvalue weighted by atomic mass is 79.9. The van der Waals surface area contributed by atoms with Crippen LogP contribution in [-0.4, -0.2) is 33.5 Å². The molecule has 21 heavy (non-hydrogen) atoms. The van der Waals surface area contributed by atoms with E-state index in [0.717, 1.165) is 53.8 Å². The smallest absolute Gasteiger partial charge is 0.175 e. The Morgan fingerprint density at radius 2 is 1.90 bits per heavy atom. The molecule has 1 atom stereocenters. The fourth-order valence-electron chi connectivity index (χ4n) is 2.00. The second kappa shape index (κ2) is 10.0. The fourth-order valence-corrected chi connectivity index (χ4v) is 2.60. The van der Waals surface area contributed by atoms with Gasteiger partial charge in [-0.3, -0.25) is 0 Å². The molecule has 0 aliphatic carbocycles. The molecule has 0 heterocycles. The zero-order valence-corrected chi connectivity index (χ0v) is 14.7. The first-order valence-electron chi connectivity index (χ1n) is 7.36. The molecule has 1 unspecified atom stereocenters. The maximum absolute atomic E-state index is 6.01. The molecule has 0 fully saturated rings. The number of halogens is 1. The molecule has 0 radical (unpaired) electrons. The predicted molar refractivity (Wildman–Crippen MR) is 89.3 cm³/mol. The summed E-state index contributed by atoms with van der Waals surface area (Å²) >= 11 is 3.56. The zero-order valence-electron chi connectivity index (χ0n) is 13.2. The first-order valence-corrected chi connectivity index (χ1v) is 8.15. The van der Waals surface area contributed by atoms with Gasteiger partial charge >= 0.3 is 0 Å². The molecule has 0 aliphatic heterocycles. The lowest BCUT2D eigenvalue weighted by Crippen LogP contribution is -2.21. The number of hydrogen-bond acceptors (Lipinski definition) is 4. The van der Waals surface area contributed by atoms with Crippen LogP contribution in [0.2, 0.25) is 0 Å². The minimum Gasteiger partial charge on any atom is -0.493 e. The molecule has 1 aromatic rings. The monoisotopic (exact) mass is 359 g/mol. The Kier molecular flexibility index (Phi) is 8.73. The third-order valence-corrected chi connectivity index (χ3v) is 3.89. The van der Waals surface area contributed by atoms with Gasteiger partial charge in [0.05, 0.1) is 18.2 Å². The van der Waals surface area contributed by atoms with Crippen molar-refractivity contribution in [3.8, 4) is 11.5 Å². The van der Waals surface area contributed by atoms with E-state index in [0.29, 0.717) is 6.61 Å². The first-order chi connectivity index (χ1) is 10.1. The van der Waals surface area contributed by atoms with Crippen LogP contribution in [0, 0.1) is 0 Å². The molecular formula is C16H26BrNO3. The van der Waals surface area contributed by atoms with Crippen molar-refractivity contribution in [1.29, 1.82) is 0 Å². The second-order valence-electron chi connectivity index (χ2n) is 5.03. The molecule has 1 aromatic carbocycles. The molecule has 2 N–H and O–H groups in total. The lowest BCUT2D eigenvalue weighted by Gasteiger charge is -2.16. The molecule has 0 amide bonds. The van der Waals surface area contributed by atoms with Gasteiger partial charge in [0.2, 0.25) is 0 Å². The van der Waals surface area contributed by atoms with Crippen LogP contribution in [-0.2, 0) is 11.2 Å². The first kappa shape index (κ1) is 18.3. The lowest BCUT2D eigenvalue weighted by molar-refractivity contribution is 0.183. The summed E-state index contributed by atoms with van der Waals surface area (Å²) in [6, 6.07) is 4.23. The minimum atomic E-state index is 0.169. The van der Waals surface area contributed by atoms with Gasteiger partial charge in [-0.2, -0.15) is 0 Å². The summed E-state index contributed by atoms with van der Waals surface area (Å²) in [4.78, 5) is 0. The van der Waals surface area contributed by atoms with E-state index in [2.05, 4.69) is 28.9 Å². The summed E-state index contributed by atoms with van der Waals surface area (Å²) in [7, 11) is 3.36. The van der Waals surface area contributed by atoms with Gasteiger partial charge in [0, 0.05) is 19.8 Å². The van der Waals surface area contributed by atoms with Gasteiger partial charge < -0.3 is 19.9 Å². The van der Waals surface area contributed by atoms with Crippen LogP contribution in [0.25, 0.3) is 0 Å². The zero-order chi connectivity index (χ0) is 15.7. The van der Waals surface area contributed by atoms with Crippen LogP contribution < -0.4 is 15.2 Å². The van der Waals surface area contributed by atoms with Crippen molar-refractivity contribution in [3.05, 3.63) is 22.2 Å². The summed E-state index contributed by atoms with van der Waals surface area (Å²) < 4.78 is 17.2. The Balaban J connectivity index is 2.70. The van der Waals surface area contributed by atoms with Gasteiger partial charge in [0.1, 0.15) is 0 Å². The normalized spacial score (nSPS) is 12.2. The third-order valence-electron chi connectivity index (χ3n) is 3.30. The second-order valence-corrected chi connectivity index (χ2v) is 5.88. The Hall–Kier alpha value is -0.780. The Morgan fingerprint density at radius 1 is 1.19 bits per heavy atom. The molecule has 1 rings (SSSR count). The summed E-state index contributed by atoms with van der Waals surface area (Å²) in [5.74, 6) is 1.50. The number of benzene rings is 1. The Morgan fingerprint density at radius 3 is 2.52 bits per heavy atom. The Bertz CT molecular complexity index is 426. The van der Waals surface area contributed by atoms with Crippen molar-refractivity contribution in [2.75, 3.05) is 27.4 Å². The number of rotatable bonds is 10. The minimum absolute atomic E-state index is 0.169. The highest BCUT2D eigenvalue weighted by Gasteiger charge is 2.13. The average molecular weight is 360 g/mol. The third kappa shape index (κ3) is 6.24. The fraction of sp³-hybridized carbons (Fsp3) is 0.625. The maximum Gasteiger partial charge on any atom is 0.175 e. The summed E-state index contributed by atoms with van der Waals surface area (Å²) in [6.07, 6.45) is 3.73. The van der Waals surface area contributed by atoms with Crippen LogP contribution >= 0.6 is 15.9 Å². The maximum atomic E-state index is 6.01. The van der Waals surface area contributed by atoms with Crippen molar-refractivity contribution in [2.45, 2.75) is 38.6 Å². The topological polar surface area (TPSA) is 53.7 Å². The van der Waals surface area contributed by atoms with Crippen LogP contribution in [0.15, 0.2) is 16.6 Å². The van der Waals surface area contributed by atoms with Crippen molar-refractivity contribution in [3.63, 3.8) is 0 Å². The van der Waals surface area contributed by atoms with E-state index < -0.39 is 0 Å². The van der Waals surface area contributed by atoms with Gasteiger partial charge in [-0.25, -0.2) is 0 Å². The van der Waals surface area contributed by atoms with Gasteiger partial charge in [-0.15, -0.1) is 0 Å². The number of unbranched alkanes of at least 4 members (excludes halogenated alkanes) is 1. The quantitative estimate of drug-likeness (QED) is 0.649. The number of hydrogen-bond donors (Lipinski definition) is 1. The average Bonchev–Trinajstić information content (AvgIpc) is 2.48. The van der Waals surface area contributed by atoms with Crippen molar-refractivity contribution < 1.29 is 14.2 Å². The molecule has 5 heteroatoms. The highest BCUT2D eigenvalue weighted by molar-refractivity contribution is 9.10. The summed E-state index contributed by atoms with van der Waals surface area (Å²) in [5.41, 5.74) is 7.16. The lowest BCUT2D eigenvalue weighted by atomic mass is 10.0. The predicted octanol–water partition coefficient (Wildman–Crippen LogP) is 3.54. The SMILES string of the molecule is CCC(N)Cc1cc(Br)c(OCCCCOC)c(OC)c1. The van der Waals surface area contributed by atoms with Crippen LogP contribution in [0.4, 0.5) is 0 Å². The molecule has 0 aromatic heterocycles. The van der Waals surface area contributed by atoms with Gasteiger partial charge in [-0.1, -0.05) is 6.92 Å². The molecule has 0 aliphatic rings. The molecule has 0 bridgehead atoms. The van der Waals surface area contributed by atoms with E-state index in [9.17, 15) is 0 Å². The van der Waals surface area contributed by atoms with Crippen LogP contribution in [0.3, 0.4) is 0 Å². The van der Waals surface area contributed by atoms with Crippen molar-refractivity contribution in [1.82, 2.24) is 0 Å². The molecular weight excluding hydrogens is 334 g/mol. The molecule has 120 valence electrons. The standard InChI is InChI=1S/C16H26BrNO3/c1-4-13(18)9-12-10-14(17)16(15(11-12)20-3)21-8-6-5-7-19-2/h10-11,13H,4-9,18H2,1-3H3. The van der Waals surface area contributed by atoms with Crippen molar-refractivity contribution >= 4 is 15.9 Å². The van der Waals surface area contributed by atoms with Gasteiger partial charge in [0.25, 0.3) is 0 Å². The van der Waals surface area contributed by atoms with E-state index in [1.54, 1.807) is 14.2 Å². The van der Waals surface area contributed by atoms with Crippen LogP contribution in [0.5, 0.6) is 11.5 Å². The molecule has 4 nitrogen and oxygen atoms in total. The van der Waals surface area contributed by atoms with E-state index in [1.807, 2.05) is 6.07 Å². The summed E-state index contributed by atoms with van der Waals surface area (Å²) in [6.45, 7) is 3.50. The Labute approximate surface area is 136 Å². The van der Waals surface area contributed by atoms with E-state index in [-0.39, 0.29) is 6.04 Å². The number of ether oxygens (including phenoxy) is 3. The van der Waals surface area contributed by atoms with E-state index in [4.69, 9.17) is 19.9 Å². The number of methoxy groups -OCH3 is 2. The number of nitrogens with two attached hydrogens (primary N) is 1. The van der Waals surface area contributed by atoms with Crippen LogP contribution in [0.1, 0.15) is 31.7 Å².